The summed E-state index contributed by atoms with van der Waals surface area (Å²) >= 11 is 7.27. The molecule has 2 aromatic rings. The number of thiophene rings is 1. The number of ether oxygens (including phenoxy) is 1. The van der Waals surface area contributed by atoms with Crippen molar-refractivity contribution in [2.75, 3.05) is 11.9 Å². The Morgan fingerprint density at radius 1 is 1.33 bits per heavy atom. The second kappa shape index (κ2) is 7.36. The Balaban J connectivity index is 1.53. The number of esters is 1. The minimum absolute atomic E-state index is 0.305. The number of carbonyl (C=O) groups excluding carboxylic acids is 2. The van der Waals surface area contributed by atoms with E-state index in [4.69, 9.17) is 16.3 Å². The van der Waals surface area contributed by atoms with Gasteiger partial charge in [0.2, 0.25) is 0 Å². The van der Waals surface area contributed by atoms with Gasteiger partial charge in [0, 0.05) is 15.6 Å². The molecule has 0 saturated carbocycles. The van der Waals surface area contributed by atoms with E-state index in [0.717, 1.165) is 19.3 Å². The number of carbonyl (C=O) groups is 2. The molecule has 0 bridgehead atoms. The van der Waals surface area contributed by atoms with Gasteiger partial charge in [0.15, 0.2) is 6.61 Å². The molecule has 1 atom stereocenters. The maximum atomic E-state index is 12.1. The first-order valence-electron chi connectivity index (χ1n) is 7.85. The molecule has 3 rings (SSSR count). The molecule has 1 N–H and O–H groups in total. The number of rotatable bonds is 4. The van der Waals surface area contributed by atoms with Crippen molar-refractivity contribution in [2.24, 2.45) is 5.92 Å². The Morgan fingerprint density at radius 2 is 2.08 bits per heavy atom. The van der Waals surface area contributed by atoms with E-state index in [1.807, 2.05) is 6.07 Å². The molecule has 0 spiro atoms. The summed E-state index contributed by atoms with van der Waals surface area (Å²) in [6, 6.07) is 8.66. The van der Waals surface area contributed by atoms with E-state index in [-0.39, 0.29) is 12.5 Å². The molecular formula is C18H18ClNO3S. The summed E-state index contributed by atoms with van der Waals surface area (Å²) in [6.07, 6.45) is 3.19. The number of halogens is 1. The van der Waals surface area contributed by atoms with Crippen LogP contribution in [0.5, 0.6) is 0 Å². The molecule has 24 heavy (non-hydrogen) atoms. The van der Waals surface area contributed by atoms with E-state index in [0.29, 0.717) is 21.5 Å². The number of benzene rings is 1. The van der Waals surface area contributed by atoms with Crippen molar-refractivity contribution in [3.63, 3.8) is 0 Å². The molecule has 1 amide bonds. The average Bonchev–Trinajstić information content (AvgIpc) is 2.98. The van der Waals surface area contributed by atoms with Crippen molar-refractivity contribution in [1.29, 1.82) is 0 Å². The zero-order chi connectivity index (χ0) is 17.1. The van der Waals surface area contributed by atoms with Crippen molar-refractivity contribution in [3.05, 3.63) is 50.7 Å². The molecule has 0 saturated heterocycles. The predicted octanol–water partition coefficient (Wildman–Crippen LogP) is 4.32. The fourth-order valence-corrected chi connectivity index (χ4v) is 3.97. The van der Waals surface area contributed by atoms with Crippen LogP contribution in [0, 0.1) is 5.92 Å². The monoisotopic (exact) mass is 363 g/mol. The lowest BCUT2D eigenvalue weighted by molar-refractivity contribution is -0.119. The standard InChI is InChI=1S/C18H18ClNO3S/c1-11-2-7-15-12(8-11)9-16(24-15)18(22)23-10-17(21)20-14-5-3-13(19)4-6-14/h3-6,9,11H,2,7-8,10H2,1H3,(H,20,21)/t11-/m0/s1. The Bertz CT molecular complexity index is 754. The summed E-state index contributed by atoms with van der Waals surface area (Å²) in [4.78, 5) is 25.8. The van der Waals surface area contributed by atoms with Crippen LogP contribution in [0.1, 0.15) is 33.5 Å². The largest absolute Gasteiger partial charge is 0.451 e. The van der Waals surface area contributed by atoms with E-state index >= 15 is 0 Å². The van der Waals surface area contributed by atoms with Crippen molar-refractivity contribution in [3.8, 4) is 0 Å². The van der Waals surface area contributed by atoms with Crippen LogP contribution in [0.3, 0.4) is 0 Å². The summed E-state index contributed by atoms with van der Waals surface area (Å²) in [5.41, 5.74) is 1.86. The SMILES string of the molecule is C[C@H]1CCc2sc(C(=O)OCC(=O)Nc3ccc(Cl)cc3)cc2C1. The average molecular weight is 364 g/mol. The fourth-order valence-electron chi connectivity index (χ4n) is 2.74. The van der Waals surface area contributed by atoms with Crippen LogP contribution < -0.4 is 5.32 Å². The van der Waals surface area contributed by atoms with Gasteiger partial charge >= 0.3 is 5.97 Å². The first kappa shape index (κ1) is 17.0. The minimum Gasteiger partial charge on any atom is -0.451 e. The van der Waals surface area contributed by atoms with Crippen LogP contribution in [0.4, 0.5) is 5.69 Å². The molecule has 0 unspecified atom stereocenters. The van der Waals surface area contributed by atoms with Crippen LogP contribution in [0.15, 0.2) is 30.3 Å². The maximum Gasteiger partial charge on any atom is 0.348 e. The molecule has 1 aromatic heterocycles. The van der Waals surface area contributed by atoms with E-state index in [2.05, 4.69) is 12.2 Å². The highest BCUT2D eigenvalue weighted by atomic mass is 35.5. The van der Waals surface area contributed by atoms with Gasteiger partial charge in [-0.1, -0.05) is 18.5 Å². The topological polar surface area (TPSA) is 55.4 Å². The normalized spacial score (nSPS) is 16.3. The number of hydrogen-bond acceptors (Lipinski definition) is 4. The lowest BCUT2D eigenvalue weighted by Gasteiger charge is -2.16. The Kier molecular flexibility index (Phi) is 5.21. The molecule has 6 heteroatoms. The second-order valence-electron chi connectivity index (χ2n) is 6.04. The predicted molar refractivity (Wildman–Crippen MR) is 95.9 cm³/mol. The first-order valence-corrected chi connectivity index (χ1v) is 9.05. The minimum atomic E-state index is -0.437. The molecule has 0 radical (unpaired) electrons. The third-order valence-electron chi connectivity index (χ3n) is 3.99. The van der Waals surface area contributed by atoms with Gasteiger partial charge in [-0.25, -0.2) is 4.79 Å². The highest BCUT2D eigenvalue weighted by Crippen LogP contribution is 2.32. The lowest BCUT2D eigenvalue weighted by atomic mass is 9.90. The van der Waals surface area contributed by atoms with E-state index in [1.165, 1.54) is 21.8 Å². The number of anilines is 1. The molecule has 0 aliphatic heterocycles. The Hall–Kier alpha value is -1.85. The molecule has 126 valence electrons. The fraction of sp³-hybridized carbons (Fsp3) is 0.333. The van der Waals surface area contributed by atoms with Crippen LogP contribution >= 0.6 is 22.9 Å². The highest BCUT2D eigenvalue weighted by Gasteiger charge is 2.21. The van der Waals surface area contributed by atoms with Crippen LogP contribution in [0.2, 0.25) is 5.02 Å². The van der Waals surface area contributed by atoms with Crippen molar-refractivity contribution in [1.82, 2.24) is 0 Å². The van der Waals surface area contributed by atoms with Gasteiger partial charge in [-0.3, -0.25) is 4.79 Å². The Labute approximate surface area is 149 Å². The molecule has 1 aromatic carbocycles. The third kappa shape index (κ3) is 4.16. The van der Waals surface area contributed by atoms with Crippen molar-refractivity contribution >= 4 is 40.5 Å². The van der Waals surface area contributed by atoms with Gasteiger partial charge < -0.3 is 10.1 Å². The summed E-state index contributed by atoms with van der Waals surface area (Å²) in [5, 5.41) is 3.25. The number of nitrogens with one attached hydrogen (secondary N) is 1. The van der Waals surface area contributed by atoms with Gasteiger partial charge in [-0.2, -0.15) is 0 Å². The van der Waals surface area contributed by atoms with Gasteiger partial charge in [0.05, 0.1) is 0 Å². The summed E-state index contributed by atoms with van der Waals surface area (Å²) in [7, 11) is 0. The van der Waals surface area contributed by atoms with Gasteiger partial charge in [-0.15, -0.1) is 11.3 Å². The van der Waals surface area contributed by atoms with Gasteiger partial charge in [0.25, 0.3) is 5.91 Å². The molecule has 1 heterocycles. The van der Waals surface area contributed by atoms with E-state index in [1.54, 1.807) is 24.3 Å². The summed E-state index contributed by atoms with van der Waals surface area (Å²) in [5.74, 6) is -0.157. The molecule has 1 aliphatic rings. The molecule has 0 fully saturated rings. The van der Waals surface area contributed by atoms with Crippen molar-refractivity contribution in [2.45, 2.75) is 26.2 Å². The van der Waals surface area contributed by atoms with Crippen LogP contribution in [-0.4, -0.2) is 18.5 Å². The van der Waals surface area contributed by atoms with Gasteiger partial charge in [-0.05, 0) is 61.1 Å². The van der Waals surface area contributed by atoms with Gasteiger partial charge in [0.1, 0.15) is 4.88 Å². The number of fused-ring (bicyclic) bond motifs is 1. The smallest absolute Gasteiger partial charge is 0.348 e. The van der Waals surface area contributed by atoms with Crippen LogP contribution in [-0.2, 0) is 22.4 Å². The Morgan fingerprint density at radius 3 is 2.83 bits per heavy atom. The lowest BCUT2D eigenvalue weighted by Crippen LogP contribution is -2.20. The van der Waals surface area contributed by atoms with E-state index in [9.17, 15) is 9.59 Å². The first-order chi connectivity index (χ1) is 11.5. The zero-order valence-electron chi connectivity index (χ0n) is 13.3. The van der Waals surface area contributed by atoms with Crippen LogP contribution in [0.25, 0.3) is 0 Å². The quantitative estimate of drug-likeness (QED) is 0.823. The molecule has 4 nitrogen and oxygen atoms in total. The maximum absolute atomic E-state index is 12.1. The van der Waals surface area contributed by atoms with Crippen molar-refractivity contribution < 1.29 is 14.3 Å². The number of hydrogen-bond donors (Lipinski definition) is 1. The van der Waals surface area contributed by atoms with E-state index < -0.39 is 5.97 Å². The third-order valence-corrected chi connectivity index (χ3v) is 5.46. The number of aryl methyl sites for hydroxylation is 1. The number of amides is 1. The summed E-state index contributed by atoms with van der Waals surface area (Å²) < 4.78 is 5.12. The summed E-state index contributed by atoms with van der Waals surface area (Å²) in [6.45, 7) is 1.92. The molecule has 1 aliphatic carbocycles. The second-order valence-corrected chi connectivity index (χ2v) is 7.61. The molecular weight excluding hydrogens is 346 g/mol. The zero-order valence-corrected chi connectivity index (χ0v) is 14.9. The highest BCUT2D eigenvalue weighted by molar-refractivity contribution is 7.14.